The van der Waals surface area contributed by atoms with Gasteiger partial charge < -0.3 is 5.32 Å². The summed E-state index contributed by atoms with van der Waals surface area (Å²) in [6.07, 6.45) is 0. The summed E-state index contributed by atoms with van der Waals surface area (Å²) in [5, 5.41) is 5.21. The van der Waals surface area contributed by atoms with E-state index < -0.39 is 11.9 Å². The van der Waals surface area contributed by atoms with E-state index in [9.17, 15) is 9.59 Å². The molecule has 0 bridgehead atoms. The molecule has 0 spiro atoms. The molecule has 0 heterocycles. The van der Waals surface area contributed by atoms with Gasteiger partial charge in [-0.05, 0) is 41.7 Å². The van der Waals surface area contributed by atoms with Crippen LogP contribution >= 0.6 is 11.6 Å². The number of carbonyl (C=O) groups is 2. The first-order chi connectivity index (χ1) is 11.4. The third-order valence-corrected chi connectivity index (χ3v) is 4.37. The largest absolute Gasteiger partial charge is 0.326 e. The molecule has 0 radical (unpaired) electrons. The summed E-state index contributed by atoms with van der Waals surface area (Å²) in [6, 6.07) is 13.6. The van der Waals surface area contributed by atoms with E-state index in [4.69, 9.17) is 11.6 Å². The van der Waals surface area contributed by atoms with Gasteiger partial charge in [0, 0.05) is 5.69 Å². The maximum atomic E-state index is 12.0. The van der Waals surface area contributed by atoms with Gasteiger partial charge in [-0.1, -0.05) is 56.6 Å². The molecule has 0 aromatic heterocycles. The van der Waals surface area contributed by atoms with Crippen molar-refractivity contribution >= 4 is 29.2 Å². The highest BCUT2D eigenvalue weighted by molar-refractivity contribution is 6.34. The first kappa shape index (κ1) is 18.0. The molecule has 0 aliphatic heterocycles. The molecule has 0 fully saturated rings. The number of halogens is 1. The Labute approximate surface area is 147 Å². The number of amides is 3. The van der Waals surface area contributed by atoms with Gasteiger partial charge in [-0.15, -0.1) is 0 Å². The lowest BCUT2D eigenvalue weighted by Gasteiger charge is -2.16. The summed E-state index contributed by atoms with van der Waals surface area (Å²) in [5.74, 6) is 0.443. The van der Waals surface area contributed by atoms with Crippen molar-refractivity contribution in [1.82, 2.24) is 5.32 Å². The van der Waals surface area contributed by atoms with Crippen LogP contribution in [0.1, 0.15) is 42.6 Å². The minimum atomic E-state index is -0.593. The van der Waals surface area contributed by atoms with Crippen molar-refractivity contribution in [3.8, 4) is 0 Å². The van der Waals surface area contributed by atoms with Gasteiger partial charge in [-0.25, -0.2) is 4.79 Å². The highest BCUT2D eigenvalue weighted by Gasteiger charge is 2.14. The van der Waals surface area contributed by atoms with E-state index >= 15 is 0 Å². The third-order valence-electron chi connectivity index (χ3n) is 4.04. The number of hydrogen-bond acceptors (Lipinski definition) is 2. The molecule has 0 saturated heterocycles. The van der Waals surface area contributed by atoms with Crippen LogP contribution in [-0.4, -0.2) is 11.9 Å². The minimum Gasteiger partial charge on any atom is -0.308 e. The molecule has 24 heavy (non-hydrogen) atoms. The molecule has 2 N–H and O–H groups in total. The molecule has 1 unspecified atom stereocenters. The number of hydrogen-bond donors (Lipinski definition) is 2. The Balaban J connectivity index is 1.97. The highest BCUT2D eigenvalue weighted by Crippen LogP contribution is 2.24. The second-order valence-electron chi connectivity index (χ2n) is 6.04. The molecule has 4 nitrogen and oxygen atoms in total. The smallest absolute Gasteiger partial charge is 0.308 e. The van der Waals surface area contributed by atoms with E-state index in [-0.39, 0.29) is 5.56 Å². The van der Waals surface area contributed by atoms with Crippen molar-refractivity contribution in [3.63, 3.8) is 0 Å². The molecule has 0 saturated carbocycles. The fourth-order valence-corrected chi connectivity index (χ4v) is 2.45. The lowest BCUT2D eigenvalue weighted by Crippen LogP contribution is -2.34. The quantitative estimate of drug-likeness (QED) is 0.814. The summed E-state index contributed by atoms with van der Waals surface area (Å²) in [6.45, 7) is 6.51. The Morgan fingerprint density at radius 3 is 2.17 bits per heavy atom. The number of rotatable bonds is 4. The number of carbonyl (C=O) groups excluding carboxylic acids is 2. The fourth-order valence-electron chi connectivity index (χ4n) is 2.23. The third kappa shape index (κ3) is 4.59. The predicted octanol–water partition coefficient (Wildman–Crippen LogP) is 5.06. The lowest BCUT2D eigenvalue weighted by atomic mass is 9.90. The summed E-state index contributed by atoms with van der Waals surface area (Å²) in [4.78, 5) is 24.0. The van der Waals surface area contributed by atoms with Crippen LogP contribution < -0.4 is 10.6 Å². The van der Waals surface area contributed by atoms with E-state index in [2.05, 4.69) is 31.4 Å². The van der Waals surface area contributed by atoms with E-state index in [0.717, 1.165) is 0 Å². The summed E-state index contributed by atoms with van der Waals surface area (Å²) < 4.78 is 0. The molecular formula is C19H21ClN2O2. The van der Waals surface area contributed by atoms with Crippen LogP contribution in [0.2, 0.25) is 5.02 Å². The number of imide groups is 1. The van der Waals surface area contributed by atoms with Gasteiger partial charge in [-0.2, -0.15) is 0 Å². The number of urea groups is 1. The Kier molecular flexibility index (Phi) is 5.99. The van der Waals surface area contributed by atoms with Gasteiger partial charge in [0.2, 0.25) is 0 Å². The van der Waals surface area contributed by atoms with Crippen LogP contribution in [0, 0.1) is 5.92 Å². The standard InChI is InChI=1S/C19H21ClN2O2/c1-12(2)13(3)14-8-10-15(11-9-14)21-19(24)22-18(23)16-6-4-5-7-17(16)20/h4-13H,1-3H3,(H2,21,22,23,24). The van der Waals surface area contributed by atoms with Gasteiger partial charge in [-0.3, -0.25) is 10.1 Å². The van der Waals surface area contributed by atoms with Crippen LogP contribution in [0.25, 0.3) is 0 Å². The monoisotopic (exact) mass is 344 g/mol. The summed E-state index contributed by atoms with van der Waals surface area (Å²) in [5.41, 5.74) is 2.10. The zero-order chi connectivity index (χ0) is 17.7. The molecule has 126 valence electrons. The lowest BCUT2D eigenvalue weighted by molar-refractivity contribution is 0.0967. The van der Waals surface area contributed by atoms with Gasteiger partial charge in [0.25, 0.3) is 5.91 Å². The molecule has 1 atom stereocenters. The van der Waals surface area contributed by atoms with Crippen LogP contribution in [0.3, 0.4) is 0 Å². The molecule has 0 aliphatic rings. The Hall–Kier alpha value is -2.33. The van der Waals surface area contributed by atoms with E-state index in [1.807, 2.05) is 24.3 Å². The Morgan fingerprint density at radius 1 is 0.958 bits per heavy atom. The zero-order valence-electron chi connectivity index (χ0n) is 14.0. The number of nitrogens with one attached hydrogen (secondary N) is 2. The zero-order valence-corrected chi connectivity index (χ0v) is 14.7. The maximum Gasteiger partial charge on any atom is 0.326 e. The second kappa shape index (κ2) is 7.97. The Bertz CT molecular complexity index is 726. The molecule has 2 aromatic rings. The van der Waals surface area contributed by atoms with E-state index in [1.165, 1.54) is 5.56 Å². The van der Waals surface area contributed by atoms with Gasteiger partial charge in [0.15, 0.2) is 0 Å². The summed E-state index contributed by atoms with van der Waals surface area (Å²) in [7, 11) is 0. The van der Waals surface area contributed by atoms with Crippen LogP contribution in [0.15, 0.2) is 48.5 Å². The fraction of sp³-hybridized carbons (Fsp3) is 0.263. The molecule has 3 amide bonds. The van der Waals surface area contributed by atoms with Crippen molar-refractivity contribution < 1.29 is 9.59 Å². The van der Waals surface area contributed by atoms with Crippen molar-refractivity contribution in [1.29, 1.82) is 0 Å². The van der Waals surface area contributed by atoms with Crippen molar-refractivity contribution in [2.75, 3.05) is 5.32 Å². The second-order valence-corrected chi connectivity index (χ2v) is 6.45. The van der Waals surface area contributed by atoms with Gasteiger partial charge >= 0.3 is 6.03 Å². The molecule has 0 aliphatic carbocycles. The highest BCUT2D eigenvalue weighted by atomic mass is 35.5. The first-order valence-electron chi connectivity index (χ1n) is 7.85. The molecule has 2 rings (SSSR count). The van der Waals surface area contributed by atoms with Crippen molar-refractivity contribution in [2.45, 2.75) is 26.7 Å². The van der Waals surface area contributed by atoms with E-state index in [1.54, 1.807) is 24.3 Å². The van der Waals surface area contributed by atoms with Crippen molar-refractivity contribution in [3.05, 3.63) is 64.7 Å². The predicted molar refractivity (Wildman–Crippen MR) is 97.6 cm³/mol. The van der Waals surface area contributed by atoms with Crippen LogP contribution in [0.4, 0.5) is 10.5 Å². The Morgan fingerprint density at radius 2 is 1.58 bits per heavy atom. The normalized spacial score (nSPS) is 11.9. The SMILES string of the molecule is CC(C)C(C)c1ccc(NC(=O)NC(=O)c2ccccc2Cl)cc1. The minimum absolute atomic E-state index is 0.260. The first-order valence-corrected chi connectivity index (χ1v) is 8.23. The number of benzene rings is 2. The molecule has 2 aromatic carbocycles. The van der Waals surface area contributed by atoms with Gasteiger partial charge in [0.1, 0.15) is 0 Å². The number of anilines is 1. The topological polar surface area (TPSA) is 58.2 Å². The summed E-state index contributed by atoms with van der Waals surface area (Å²) >= 11 is 5.94. The van der Waals surface area contributed by atoms with Crippen LogP contribution in [-0.2, 0) is 0 Å². The van der Waals surface area contributed by atoms with Crippen LogP contribution in [0.5, 0.6) is 0 Å². The van der Waals surface area contributed by atoms with Gasteiger partial charge in [0.05, 0.1) is 10.6 Å². The van der Waals surface area contributed by atoms with Crippen molar-refractivity contribution in [2.24, 2.45) is 5.92 Å². The average molecular weight is 345 g/mol. The maximum absolute atomic E-state index is 12.0. The van der Waals surface area contributed by atoms with E-state index in [0.29, 0.717) is 22.5 Å². The average Bonchev–Trinajstić information content (AvgIpc) is 2.55. The molecular weight excluding hydrogens is 324 g/mol. The molecule has 5 heteroatoms.